The normalized spacial score (nSPS) is 10.2. The number of halogens is 1. The zero-order chi connectivity index (χ0) is 19.9. The fraction of sp³-hybridized carbons (Fsp3) is 0.0952. The van der Waals surface area contributed by atoms with Crippen molar-refractivity contribution in [3.05, 3.63) is 83.0 Å². The van der Waals surface area contributed by atoms with Gasteiger partial charge in [-0.05, 0) is 48.0 Å². The van der Waals surface area contributed by atoms with E-state index < -0.39 is 5.97 Å². The molecule has 6 nitrogen and oxygen atoms in total. The van der Waals surface area contributed by atoms with Gasteiger partial charge in [0.15, 0.2) is 0 Å². The maximum absolute atomic E-state index is 12.1. The summed E-state index contributed by atoms with van der Waals surface area (Å²) in [6, 6.07) is 17.6. The number of nitrogens with zero attached hydrogens (tertiary/aromatic N) is 1. The first-order valence-electron chi connectivity index (χ1n) is 8.49. The third kappa shape index (κ3) is 5.31. The number of carbonyl (C=O) groups excluding carboxylic acids is 2. The molecule has 0 aliphatic heterocycles. The molecule has 0 fully saturated rings. The number of hydrogen-bond donors (Lipinski definition) is 2. The average molecular weight is 396 g/mol. The molecule has 0 unspecified atom stereocenters. The van der Waals surface area contributed by atoms with E-state index in [1.165, 1.54) is 7.11 Å². The zero-order valence-electron chi connectivity index (χ0n) is 15.1. The number of methoxy groups -OCH3 is 1. The van der Waals surface area contributed by atoms with Gasteiger partial charge in [-0.15, -0.1) is 0 Å². The first-order chi connectivity index (χ1) is 13.5. The van der Waals surface area contributed by atoms with Crippen LogP contribution in [-0.4, -0.2) is 24.0 Å². The minimum atomic E-state index is -0.402. The molecule has 1 aromatic heterocycles. The molecule has 0 radical (unpaired) electrons. The van der Waals surface area contributed by atoms with Gasteiger partial charge in [-0.1, -0.05) is 29.8 Å². The predicted molar refractivity (Wildman–Crippen MR) is 109 cm³/mol. The molecule has 1 amide bonds. The Bertz CT molecular complexity index is 973. The maximum atomic E-state index is 12.1. The summed E-state index contributed by atoms with van der Waals surface area (Å²) in [5, 5.41) is 6.54. The average Bonchev–Trinajstić information content (AvgIpc) is 2.71. The Morgan fingerprint density at radius 3 is 2.50 bits per heavy atom. The smallest absolute Gasteiger partial charge is 0.337 e. The van der Waals surface area contributed by atoms with Crippen molar-refractivity contribution in [3.8, 4) is 0 Å². The van der Waals surface area contributed by atoms with Gasteiger partial charge in [-0.3, -0.25) is 4.79 Å². The van der Waals surface area contributed by atoms with Crippen LogP contribution in [0.3, 0.4) is 0 Å². The van der Waals surface area contributed by atoms with Gasteiger partial charge in [0.05, 0.1) is 31.0 Å². The zero-order valence-corrected chi connectivity index (χ0v) is 15.9. The molecule has 3 rings (SSSR count). The molecule has 0 spiro atoms. The Kier molecular flexibility index (Phi) is 6.24. The highest BCUT2D eigenvalue weighted by atomic mass is 35.5. The Labute approximate surface area is 167 Å². The van der Waals surface area contributed by atoms with Crippen molar-refractivity contribution >= 4 is 40.7 Å². The SMILES string of the molecule is COC(=O)c1cccc(Nc2ccc(NC(=O)Cc3ccc(Cl)cc3)nc2)c1. The Hall–Kier alpha value is -3.38. The van der Waals surface area contributed by atoms with Gasteiger partial charge in [-0.25, -0.2) is 9.78 Å². The van der Waals surface area contributed by atoms with Crippen molar-refractivity contribution in [2.45, 2.75) is 6.42 Å². The van der Waals surface area contributed by atoms with Crippen LogP contribution in [0.25, 0.3) is 0 Å². The molecule has 0 bridgehead atoms. The van der Waals surface area contributed by atoms with Crippen LogP contribution in [0.15, 0.2) is 66.9 Å². The Balaban J connectivity index is 1.59. The number of aromatic nitrogens is 1. The summed E-state index contributed by atoms with van der Waals surface area (Å²) in [4.78, 5) is 28.0. The number of esters is 1. The molecule has 0 aliphatic rings. The summed E-state index contributed by atoms with van der Waals surface area (Å²) in [5.74, 6) is -0.116. The number of pyridine rings is 1. The molecular weight excluding hydrogens is 378 g/mol. The lowest BCUT2D eigenvalue weighted by Crippen LogP contribution is -2.15. The van der Waals surface area contributed by atoms with Crippen LogP contribution in [0, 0.1) is 0 Å². The van der Waals surface area contributed by atoms with Gasteiger partial charge in [0, 0.05) is 10.7 Å². The second-order valence-electron chi connectivity index (χ2n) is 5.98. The van der Waals surface area contributed by atoms with Crippen molar-refractivity contribution in [1.82, 2.24) is 4.98 Å². The number of benzene rings is 2. The van der Waals surface area contributed by atoms with Gasteiger partial charge in [0.25, 0.3) is 0 Å². The Morgan fingerprint density at radius 1 is 1.04 bits per heavy atom. The van der Waals surface area contributed by atoms with Crippen molar-refractivity contribution in [2.75, 3.05) is 17.7 Å². The molecule has 2 aromatic carbocycles. The van der Waals surface area contributed by atoms with Crippen LogP contribution in [0.1, 0.15) is 15.9 Å². The van der Waals surface area contributed by atoms with E-state index in [2.05, 4.69) is 15.6 Å². The fourth-order valence-corrected chi connectivity index (χ4v) is 2.65. The van der Waals surface area contributed by atoms with Crippen LogP contribution >= 0.6 is 11.6 Å². The summed E-state index contributed by atoms with van der Waals surface area (Å²) in [7, 11) is 1.34. The monoisotopic (exact) mass is 395 g/mol. The van der Waals surface area contributed by atoms with E-state index in [9.17, 15) is 9.59 Å². The first kappa shape index (κ1) is 19.4. The van der Waals surface area contributed by atoms with Gasteiger partial charge in [0.2, 0.25) is 5.91 Å². The van der Waals surface area contributed by atoms with Crippen molar-refractivity contribution in [3.63, 3.8) is 0 Å². The van der Waals surface area contributed by atoms with E-state index in [1.807, 2.05) is 18.2 Å². The van der Waals surface area contributed by atoms with E-state index in [0.717, 1.165) is 16.9 Å². The topological polar surface area (TPSA) is 80.3 Å². The predicted octanol–water partition coefficient (Wildman–Crippen LogP) is 4.45. The van der Waals surface area contributed by atoms with Crippen LogP contribution in [-0.2, 0) is 16.0 Å². The molecule has 7 heteroatoms. The van der Waals surface area contributed by atoms with Crippen molar-refractivity contribution < 1.29 is 14.3 Å². The summed E-state index contributed by atoms with van der Waals surface area (Å²) >= 11 is 5.84. The van der Waals surface area contributed by atoms with Crippen molar-refractivity contribution in [2.24, 2.45) is 0 Å². The van der Waals surface area contributed by atoms with Gasteiger partial charge in [0.1, 0.15) is 5.82 Å². The van der Waals surface area contributed by atoms with E-state index >= 15 is 0 Å². The molecule has 0 aliphatic carbocycles. The number of nitrogens with one attached hydrogen (secondary N) is 2. The van der Waals surface area contributed by atoms with Gasteiger partial charge >= 0.3 is 5.97 Å². The summed E-state index contributed by atoms with van der Waals surface area (Å²) in [5.41, 5.74) is 2.76. The molecule has 28 heavy (non-hydrogen) atoms. The Morgan fingerprint density at radius 2 is 1.82 bits per heavy atom. The summed E-state index contributed by atoms with van der Waals surface area (Å²) in [6.45, 7) is 0. The van der Waals surface area contributed by atoms with E-state index in [4.69, 9.17) is 16.3 Å². The largest absolute Gasteiger partial charge is 0.465 e. The lowest BCUT2D eigenvalue weighted by molar-refractivity contribution is -0.115. The molecule has 0 saturated heterocycles. The first-order valence-corrected chi connectivity index (χ1v) is 8.87. The molecule has 0 atom stereocenters. The lowest BCUT2D eigenvalue weighted by Gasteiger charge is -2.09. The van der Waals surface area contributed by atoms with Crippen molar-refractivity contribution in [1.29, 1.82) is 0 Å². The van der Waals surface area contributed by atoms with Crippen LogP contribution in [0.5, 0.6) is 0 Å². The number of anilines is 3. The number of carbonyl (C=O) groups is 2. The second kappa shape index (κ2) is 9.01. The van der Waals surface area contributed by atoms with Crippen LogP contribution in [0.2, 0.25) is 5.02 Å². The second-order valence-corrected chi connectivity index (χ2v) is 6.42. The molecule has 3 aromatic rings. The minimum Gasteiger partial charge on any atom is -0.465 e. The number of hydrogen-bond acceptors (Lipinski definition) is 5. The van der Waals surface area contributed by atoms with E-state index in [1.54, 1.807) is 48.7 Å². The molecule has 0 saturated carbocycles. The maximum Gasteiger partial charge on any atom is 0.337 e. The molecule has 2 N–H and O–H groups in total. The van der Waals surface area contributed by atoms with E-state index in [0.29, 0.717) is 16.4 Å². The number of rotatable bonds is 6. The van der Waals surface area contributed by atoms with Gasteiger partial charge < -0.3 is 15.4 Å². The van der Waals surface area contributed by atoms with Crippen LogP contribution in [0.4, 0.5) is 17.2 Å². The molecule has 142 valence electrons. The van der Waals surface area contributed by atoms with Gasteiger partial charge in [-0.2, -0.15) is 0 Å². The van der Waals surface area contributed by atoms with Crippen LogP contribution < -0.4 is 10.6 Å². The fourth-order valence-electron chi connectivity index (χ4n) is 2.52. The standard InChI is InChI=1S/C21H18ClN3O3/c1-28-21(27)15-3-2-4-17(12-15)24-18-9-10-19(23-13-18)25-20(26)11-14-5-7-16(22)8-6-14/h2-10,12-13,24H,11H2,1H3,(H,23,25,26). The number of ether oxygens (including phenoxy) is 1. The summed E-state index contributed by atoms with van der Waals surface area (Å²) < 4.78 is 4.72. The van der Waals surface area contributed by atoms with E-state index in [-0.39, 0.29) is 12.3 Å². The third-order valence-corrected chi connectivity index (χ3v) is 4.13. The number of amides is 1. The summed E-state index contributed by atoms with van der Waals surface area (Å²) in [6.07, 6.45) is 1.84. The quantitative estimate of drug-likeness (QED) is 0.603. The highest BCUT2D eigenvalue weighted by Gasteiger charge is 2.07. The molecule has 1 heterocycles. The highest BCUT2D eigenvalue weighted by Crippen LogP contribution is 2.19. The lowest BCUT2D eigenvalue weighted by atomic mass is 10.1. The minimum absolute atomic E-state index is 0.165. The highest BCUT2D eigenvalue weighted by molar-refractivity contribution is 6.30. The molecular formula is C21H18ClN3O3. The third-order valence-electron chi connectivity index (χ3n) is 3.88.